The minimum atomic E-state index is -0.833. The second-order valence-corrected chi connectivity index (χ2v) is 9.53. The predicted molar refractivity (Wildman–Crippen MR) is 124 cm³/mol. The van der Waals surface area contributed by atoms with Crippen molar-refractivity contribution in [3.05, 3.63) is 87.3 Å². The molecule has 0 radical (unpaired) electrons. The van der Waals surface area contributed by atoms with Crippen LogP contribution < -0.4 is 20.0 Å². The molecule has 0 bridgehead atoms. The fraction of sp³-hybridized carbons (Fsp3) is 0.292. The van der Waals surface area contributed by atoms with Crippen LogP contribution in [0.3, 0.4) is 0 Å². The normalized spacial score (nSPS) is 14.4. The van der Waals surface area contributed by atoms with Crippen LogP contribution in [-0.2, 0) is 30.0 Å². The van der Waals surface area contributed by atoms with Crippen molar-refractivity contribution in [2.75, 3.05) is 6.61 Å². The van der Waals surface area contributed by atoms with Crippen molar-refractivity contribution >= 4 is 27.1 Å². The van der Waals surface area contributed by atoms with E-state index in [4.69, 9.17) is 9.47 Å². The summed E-state index contributed by atoms with van der Waals surface area (Å²) in [6.45, 7) is 4.59. The van der Waals surface area contributed by atoms with E-state index in [0.29, 0.717) is 19.0 Å². The van der Waals surface area contributed by atoms with Crippen LogP contribution in [-0.4, -0.2) is 38.9 Å². The molecule has 172 valence electrons. The molecule has 1 atom stereocenters. The van der Waals surface area contributed by atoms with Crippen LogP contribution in [0.25, 0.3) is 0 Å². The molecular formula is C24H25AsFN3O4. The molecule has 1 amide bonds. The first-order valence-electron chi connectivity index (χ1n) is 10.5. The van der Waals surface area contributed by atoms with E-state index in [9.17, 15) is 14.0 Å². The van der Waals surface area contributed by atoms with E-state index in [1.165, 1.54) is 33.6 Å². The van der Waals surface area contributed by atoms with Gasteiger partial charge in [0, 0.05) is 0 Å². The molecule has 1 unspecified atom stereocenters. The zero-order chi connectivity index (χ0) is 23.6. The van der Waals surface area contributed by atoms with Gasteiger partial charge in [-0.15, -0.1) is 0 Å². The molecule has 9 heteroatoms. The summed E-state index contributed by atoms with van der Waals surface area (Å²) in [5, 5.41) is 2.79. The third-order valence-corrected chi connectivity index (χ3v) is 6.56. The molecule has 1 aromatic heterocycles. The molecule has 33 heavy (non-hydrogen) atoms. The number of hydrogen-bond acceptors (Lipinski definition) is 5. The van der Waals surface area contributed by atoms with Crippen molar-refractivity contribution in [3.63, 3.8) is 0 Å². The van der Waals surface area contributed by atoms with Gasteiger partial charge in [0.2, 0.25) is 0 Å². The van der Waals surface area contributed by atoms with Gasteiger partial charge in [0.25, 0.3) is 0 Å². The second-order valence-electron chi connectivity index (χ2n) is 8.23. The summed E-state index contributed by atoms with van der Waals surface area (Å²) in [5.74, 6) is -0.598. The number of benzene rings is 2. The number of carbonyl (C=O) groups excluding carboxylic acids is 1. The number of halogens is 1. The van der Waals surface area contributed by atoms with Crippen LogP contribution >= 0.6 is 0 Å². The van der Waals surface area contributed by atoms with Crippen LogP contribution in [0.5, 0.6) is 5.75 Å². The van der Waals surface area contributed by atoms with E-state index >= 15 is 0 Å². The molecule has 1 aliphatic heterocycles. The molecule has 0 aliphatic carbocycles. The van der Waals surface area contributed by atoms with Gasteiger partial charge in [-0.25, -0.2) is 0 Å². The van der Waals surface area contributed by atoms with Gasteiger partial charge >= 0.3 is 193 Å². The summed E-state index contributed by atoms with van der Waals surface area (Å²) in [5.41, 5.74) is 0.305. The van der Waals surface area contributed by atoms with Gasteiger partial charge in [-0.3, -0.25) is 0 Å². The summed E-state index contributed by atoms with van der Waals surface area (Å²) >= 11 is 1.26. The Bertz CT molecular complexity index is 1240. The second kappa shape index (κ2) is 9.49. The monoisotopic (exact) mass is 513 g/mol. The Morgan fingerprint density at radius 1 is 1.27 bits per heavy atom. The molecule has 7 nitrogen and oxygen atoms in total. The summed E-state index contributed by atoms with van der Waals surface area (Å²) in [6, 6.07) is 13.8. The topological polar surface area (TPSA) is 82.5 Å². The summed E-state index contributed by atoms with van der Waals surface area (Å²) in [4.78, 5) is 31.0. The molecule has 4 rings (SSSR count). The van der Waals surface area contributed by atoms with Crippen molar-refractivity contribution in [2.45, 2.75) is 39.1 Å². The maximum absolute atomic E-state index is 13.4. The number of aromatic nitrogens is 2. The van der Waals surface area contributed by atoms with E-state index in [1.807, 2.05) is 30.3 Å². The van der Waals surface area contributed by atoms with Gasteiger partial charge in [0.05, 0.1) is 0 Å². The van der Waals surface area contributed by atoms with Crippen molar-refractivity contribution in [1.29, 1.82) is 0 Å². The van der Waals surface area contributed by atoms with E-state index in [1.54, 1.807) is 19.9 Å². The zero-order valence-electron chi connectivity index (χ0n) is 18.4. The molecule has 0 spiro atoms. The first-order chi connectivity index (χ1) is 15.8. The molecule has 2 heterocycles. The summed E-state index contributed by atoms with van der Waals surface area (Å²) < 4.78 is 27.3. The van der Waals surface area contributed by atoms with Gasteiger partial charge in [-0.2, -0.15) is 0 Å². The molecule has 0 saturated carbocycles. The van der Waals surface area contributed by atoms with E-state index in [0.717, 1.165) is 15.5 Å². The van der Waals surface area contributed by atoms with Gasteiger partial charge in [-0.05, 0) is 0 Å². The van der Waals surface area contributed by atoms with Gasteiger partial charge in [0.15, 0.2) is 0 Å². The molecular weight excluding hydrogens is 488 g/mol. The Hall–Kier alpha value is -2.96. The summed E-state index contributed by atoms with van der Waals surface area (Å²) in [6.07, 6.45) is 0. The average Bonchev–Trinajstić information content (AvgIpc) is 2.78. The van der Waals surface area contributed by atoms with Crippen molar-refractivity contribution in [3.8, 4) is 5.75 Å². The van der Waals surface area contributed by atoms with E-state index in [-0.39, 0.29) is 30.4 Å². The predicted octanol–water partition coefficient (Wildman–Crippen LogP) is 1.42. The van der Waals surface area contributed by atoms with Crippen molar-refractivity contribution in [2.24, 2.45) is 0 Å². The van der Waals surface area contributed by atoms with Gasteiger partial charge in [0.1, 0.15) is 0 Å². The first-order valence-corrected chi connectivity index (χ1v) is 11.8. The first kappa shape index (κ1) is 23.2. The van der Waals surface area contributed by atoms with Gasteiger partial charge < -0.3 is 0 Å². The molecule has 2 aromatic carbocycles. The Morgan fingerprint density at radius 3 is 2.76 bits per heavy atom. The fourth-order valence-electron chi connectivity index (χ4n) is 3.66. The number of rotatable bonds is 6. The fourth-order valence-corrected chi connectivity index (χ4v) is 4.41. The van der Waals surface area contributed by atoms with Crippen LogP contribution in [0, 0.1) is 5.82 Å². The Balaban J connectivity index is 1.68. The number of nitrogens with zero attached hydrogens (tertiary/aromatic N) is 2. The summed E-state index contributed by atoms with van der Waals surface area (Å²) in [7, 11) is 0. The quantitative estimate of drug-likeness (QED) is 0.505. The van der Waals surface area contributed by atoms with Crippen molar-refractivity contribution < 1.29 is 18.7 Å². The molecule has 0 fully saturated rings. The third kappa shape index (κ3) is 5.02. The number of fused-ring (bicyclic) bond motifs is 1. The number of nitrogens with one attached hydrogen (secondary N) is 1. The van der Waals surface area contributed by atoms with Gasteiger partial charge in [-0.1, -0.05) is 6.07 Å². The maximum atomic E-state index is 13.4. The molecule has 1 N–H and O–H groups in total. The minimum absolute atomic E-state index is 0.0916. The van der Waals surface area contributed by atoms with Crippen LogP contribution in [0.4, 0.5) is 4.39 Å². The Morgan fingerprint density at radius 2 is 2.03 bits per heavy atom. The molecule has 0 saturated heterocycles. The Kier molecular flexibility index (Phi) is 6.68. The van der Waals surface area contributed by atoms with Crippen LogP contribution in [0.1, 0.15) is 41.3 Å². The number of carbonyl (C=O) groups is 1. The molecule has 1 aliphatic rings. The zero-order valence-corrected chi connectivity index (χ0v) is 20.9. The average molecular weight is 513 g/mol. The number of hydrogen-bond donors (Lipinski definition) is 1. The van der Waals surface area contributed by atoms with Crippen LogP contribution in [0.2, 0.25) is 0 Å². The molecule has 3 aromatic rings. The van der Waals surface area contributed by atoms with E-state index < -0.39 is 17.1 Å². The van der Waals surface area contributed by atoms with Crippen molar-refractivity contribution in [1.82, 2.24) is 14.9 Å². The van der Waals surface area contributed by atoms with Crippen LogP contribution in [0.15, 0.2) is 53.3 Å². The number of ether oxygens (including phenoxy) is 2. The third-order valence-electron chi connectivity index (χ3n) is 5.43. The standard InChI is InChI=1S/C24H25AsFN3O4/c1-24(2)23-28-19(21(30)27-13-16-8-9-17(26)12-18(16)25)20(22(31)29(23)10-11-33-24)32-14-15-6-4-3-5-7-15/h3-9,12H,10-11,13-14,25H2,1-2H3,(H,27,30). The SMILES string of the molecule is CC1(C)OCCn2c1nc(C(=O)NCc1ccc(F)cc1[AsH2])c(OCc1ccccc1)c2=O. The number of amides is 1. The Labute approximate surface area is 199 Å². The van der Waals surface area contributed by atoms with E-state index in [2.05, 4.69) is 10.3 Å².